The maximum Gasteiger partial charge on any atom is 0.316 e. The third-order valence-electron chi connectivity index (χ3n) is 5.95. The number of aryl methyl sites for hydroxylation is 2. The van der Waals surface area contributed by atoms with Crippen LogP contribution >= 0.6 is 0 Å². The van der Waals surface area contributed by atoms with E-state index >= 15 is 0 Å². The lowest BCUT2D eigenvalue weighted by molar-refractivity contribution is 0.102. The molecule has 0 radical (unpaired) electrons. The van der Waals surface area contributed by atoms with E-state index in [1.54, 1.807) is 38.4 Å². The Morgan fingerprint density at radius 3 is 2.06 bits per heavy atom. The molecule has 9 nitrogen and oxygen atoms in total. The van der Waals surface area contributed by atoms with Gasteiger partial charge >= 0.3 is 11.1 Å². The molecule has 1 aliphatic rings. The molecule has 1 amide bonds. The van der Waals surface area contributed by atoms with E-state index in [1.807, 2.05) is 6.07 Å². The van der Waals surface area contributed by atoms with E-state index in [0.29, 0.717) is 33.8 Å². The highest BCUT2D eigenvalue weighted by atomic mass is 16.5. The Hall–Kier alpha value is -3.75. The number of carbonyl (C=O) groups is 1. The van der Waals surface area contributed by atoms with E-state index in [1.165, 1.54) is 23.4 Å². The summed E-state index contributed by atoms with van der Waals surface area (Å²) in [5.41, 5.74) is 1.78. The van der Waals surface area contributed by atoms with Gasteiger partial charge in [0, 0.05) is 32.7 Å². The topological polar surface area (TPSA) is 94.8 Å². The Kier molecular flexibility index (Phi) is 5.65. The number of hydrogen-bond donors (Lipinski definition) is 1. The van der Waals surface area contributed by atoms with Gasteiger partial charge in [-0.05, 0) is 43.2 Å². The van der Waals surface area contributed by atoms with Crippen molar-refractivity contribution in [3.05, 3.63) is 56.6 Å². The molecule has 1 saturated heterocycles. The molecule has 0 atom stereocenters. The number of fused-ring (bicyclic) bond motifs is 1. The van der Waals surface area contributed by atoms with E-state index in [-0.39, 0.29) is 5.91 Å². The smallest absolute Gasteiger partial charge is 0.316 e. The number of amides is 1. The van der Waals surface area contributed by atoms with Gasteiger partial charge in [0.15, 0.2) is 11.5 Å². The number of ether oxygens (including phenoxy) is 2. The van der Waals surface area contributed by atoms with E-state index in [0.717, 1.165) is 31.6 Å². The van der Waals surface area contributed by atoms with Crippen molar-refractivity contribution in [2.24, 2.45) is 14.1 Å². The number of carbonyl (C=O) groups excluding carboxylic acids is 1. The van der Waals surface area contributed by atoms with Gasteiger partial charge in [0.2, 0.25) is 0 Å². The zero-order valence-corrected chi connectivity index (χ0v) is 18.6. The first-order valence-corrected chi connectivity index (χ1v) is 10.4. The van der Waals surface area contributed by atoms with Gasteiger partial charge in [-0.1, -0.05) is 0 Å². The average molecular weight is 438 g/mol. The van der Waals surface area contributed by atoms with Gasteiger partial charge in [-0.3, -0.25) is 14.4 Å². The Balaban J connectivity index is 1.83. The number of rotatable bonds is 5. The maximum atomic E-state index is 13.1. The lowest BCUT2D eigenvalue weighted by Gasteiger charge is -2.23. The fourth-order valence-corrected chi connectivity index (χ4v) is 4.10. The number of anilines is 2. The van der Waals surface area contributed by atoms with Crippen LogP contribution in [-0.2, 0) is 14.1 Å². The summed E-state index contributed by atoms with van der Waals surface area (Å²) in [6, 6.07) is 8.57. The molecule has 0 spiro atoms. The normalized spacial score (nSPS) is 13.4. The molecule has 1 aliphatic heterocycles. The highest BCUT2D eigenvalue weighted by molar-refractivity contribution is 6.07. The lowest BCUT2D eigenvalue weighted by Crippen LogP contribution is -2.39. The van der Waals surface area contributed by atoms with Crippen LogP contribution in [0, 0.1) is 0 Å². The molecule has 32 heavy (non-hydrogen) atoms. The molecule has 168 valence electrons. The Morgan fingerprint density at radius 1 is 0.875 bits per heavy atom. The third kappa shape index (κ3) is 3.59. The summed E-state index contributed by atoms with van der Waals surface area (Å²) in [5.74, 6) is 0.667. The minimum Gasteiger partial charge on any atom is -0.493 e. The second kappa shape index (κ2) is 8.41. The SMILES string of the molecule is COc1ccc(C(=O)Nc2cc3c(cc2N2CCCC2)n(C)c(=O)c(=O)n3C)cc1OC. The van der Waals surface area contributed by atoms with Crippen molar-refractivity contribution in [1.29, 1.82) is 0 Å². The first-order chi connectivity index (χ1) is 15.3. The van der Waals surface area contributed by atoms with Gasteiger partial charge in [0.05, 0.1) is 36.6 Å². The first-order valence-electron chi connectivity index (χ1n) is 10.4. The van der Waals surface area contributed by atoms with Crippen LogP contribution in [0.5, 0.6) is 11.5 Å². The fraction of sp³-hybridized carbons (Fsp3) is 0.348. The van der Waals surface area contributed by atoms with E-state index < -0.39 is 11.1 Å². The molecular formula is C23H26N4O5. The van der Waals surface area contributed by atoms with Crippen LogP contribution in [0.1, 0.15) is 23.2 Å². The first kappa shape index (κ1) is 21.5. The van der Waals surface area contributed by atoms with Crippen molar-refractivity contribution in [1.82, 2.24) is 9.13 Å². The lowest BCUT2D eigenvalue weighted by atomic mass is 10.1. The zero-order valence-electron chi connectivity index (χ0n) is 18.6. The number of hydrogen-bond acceptors (Lipinski definition) is 6. The van der Waals surface area contributed by atoms with E-state index in [9.17, 15) is 14.4 Å². The van der Waals surface area contributed by atoms with Crippen LogP contribution in [0.2, 0.25) is 0 Å². The Morgan fingerprint density at radius 2 is 1.47 bits per heavy atom. The van der Waals surface area contributed by atoms with Gasteiger partial charge in [-0.25, -0.2) is 0 Å². The van der Waals surface area contributed by atoms with Crippen molar-refractivity contribution in [3.63, 3.8) is 0 Å². The van der Waals surface area contributed by atoms with Crippen LogP contribution in [0.25, 0.3) is 11.0 Å². The number of methoxy groups -OCH3 is 2. The average Bonchev–Trinajstić information content (AvgIpc) is 3.35. The van der Waals surface area contributed by atoms with Crippen LogP contribution in [-0.4, -0.2) is 42.4 Å². The summed E-state index contributed by atoms with van der Waals surface area (Å²) < 4.78 is 13.2. The number of aromatic nitrogens is 2. The molecule has 0 bridgehead atoms. The molecule has 1 aromatic heterocycles. The molecule has 0 unspecified atom stereocenters. The molecule has 4 rings (SSSR count). The van der Waals surface area contributed by atoms with Gasteiger partial charge in [0.25, 0.3) is 5.91 Å². The second-order valence-electron chi connectivity index (χ2n) is 7.80. The minimum atomic E-state index is -0.619. The molecule has 2 heterocycles. The number of nitrogens with zero attached hydrogens (tertiary/aromatic N) is 3. The molecular weight excluding hydrogens is 412 g/mol. The molecule has 0 saturated carbocycles. The summed E-state index contributed by atoms with van der Waals surface area (Å²) in [6.07, 6.45) is 2.10. The standard InChI is InChI=1S/C23H26N4O5/c1-25-17-12-15(24-21(28)14-7-8-19(31-3)20(11-14)32-4)16(27-9-5-6-10-27)13-18(17)26(2)23(30)22(25)29/h7-8,11-13H,5-6,9-10H2,1-4H3,(H,24,28). The second-order valence-corrected chi connectivity index (χ2v) is 7.80. The Labute approximate surface area is 184 Å². The van der Waals surface area contributed by atoms with E-state index in [2.05, 4.69) is 10.2 Å². The van der Waals surface area contributed by atoms with Crippen LogP contribution in [0.3, 0.4) is 0 Å². The Bertz CT molecular complexity index is 1320. The molecule has 0 aliphatic carbocycles. The third-order valence-corrected chi connectivity index (χ3v) is 5.95. The summed E-state index contributed by atoms with van der Waals surface area (Å²) in [7, 11) is 6.19. The van der Waals surface area contributed by atoms with Gasteiger partial charge < -0.3 is 28.8 Å². The molecule has 9 heteroatoms. The van der Waals surface area contributed by atoms with Gasteiger partial charge in [-0.15, -0.1) is 0 Å². The van der Waals surface area contributed by atoms with Gasteiger partial charge in [-0.2, -0.15) is 0 Å². The monoisotopic (exact) mass is 438 g/mol. The summed E-state index contributed by atoms with van der Waals surface area (Å²) in [6.45, 7) is 1.70. The number of nitrogens with one attached hydrogen (secondary N) is 1. The van der Waals surface area contributed by atoms with Crippen LogP contribution in [0.4, 0.5) is 11.4 Å². The predicted molar refractivity (Wildman–Crippen MR) is 123 cm³/mol. The van der Waals surface area contributed by atoms with E-state index in [4.69, 9.17) is 9.47 Å². The highest BCUT2D eigenvalue weighted by Crippen LogP contribution is 2.34. The summed E-state index contributed by atoms with van der Waals surface area (Å²) in [5, 5.41) is 2.99. The van der Waals surface area contributed by atoms with Gasteiger partial charge in [0.1, 0.15) is 0 Å². The molecule has 1 fully saturated rings. The molecule has 1 N–H and O–H groups in total. The summed E-state index contributed by atoms with van der Waals surface area (Å²) >= 11 is 0. The summed E-state index contributed by atoms with van der Waals surface area (Å²) in [4.78, 5) is 39.9. The van der Waals surface area contributed by atoms with Crippen molar-refractivity contribution in [2.75, 3.05) is 37.5 Å². The highest BCUT2D eigenvalue weighted by Gasteiger charge is 2.21. The van der Waals surface area contributed by atoms with Crippen molar-refractivity contribution in [2.45, 2.75) is 12.8 Å². The van der Waals surface area contributed by atoms with Crippen molar-refractivity contribution < 1.29 is 14.3 Å². The van der Waals surface area contributed by atoms with Crippen molar-refractivity contribution >= 4 is 28.3 Å². The predicted octanol–water partition coefficient (Wildman–Crippen LogP) is 2.11. The largest absolute Gasteiger partial charge is 0.493 e. The maximum absolute atomic E-state index is 13.1. The molecule has 2 aromatic carbocycles. The quantitative estimate of drug-likeness (QED) is 0.613. The minimum absolute atomic E-state index is 0.319. The van der Waals surface area contributed by atoms with Crippen LogP contribution in [0.15, 0.2) is 39.9 Å². The number of benzene rings is 2. The van der Waals surface area contributed by atoms with Crippen molar-refractivity contribution in [3.8, 4) is 11.5 Å². The fourth-order valence-electron chi connectivity index (χ4n) is 4.10. The van der Waals surface area contributed by atoms with Crippen LogP contribution < -0.4 is 30.8 Å². The molecule has 3 aromatic rings. The zero-order chi connectivity index (χ0) is 23.0.